The Labute approximate surface area is 169 Å². The molecule has 0 heteroatoms. The summed E-state index contributed by atoms with van der Waals surface area (Å²) in [6, 6.07) is 0. The average Bonchev–Trinajstić information content (AvgIpc) is 2.96. The predicted molar refractivity (Wildman–Crippen MR) is 118 cm³/mol. The standard InChI is InChI=1S/C27H44/c1-19(2)8-6-7-9-21-11-13-24-23-12-10-22-18-20(3)14-16-27(22,5)25(23)15-17-26(21,24)4/h18-19,21,23-25H,3,6-17H2,1-2,4-5H3. The first kappa shape index (κ1) is 19.8. The molecule has 0 amide bonds. The molecule has 0 N–H and O–H groups in total. The Balaban J connectivity index is 1.46. The summed E-state index contributed by atoms with van der Waals surface area (Å²) >= 11 is 0. The quantitative estimate of drug-likeness (QED) is 0.428. The van der Waals surface area contributed by atoms with E-state index >= 15 is 0 Å². The lowest BCUT2D eigenvalue weighted by atomic mass is 9.46. The van der Waals surface area contributed by atoms with Gasteiger partial charge in [0.2, 0.25) is 0 Å². The summed E-state index contributed by atoms with van der Waals surface area (Å²) < 4.78 is 0. The summed E-state index contributed by atoms with van der Waals surface area (Å²) in [6.07, 6.45) is 19.9. The summed E-state index contributed by atoms with van der Waals surface area (Å²) in [7, 11) is 0. The second-order valence-electron chi connectivity index (χ2n) is 11.7. The lowest BCUT2D eigenvalue weighted by molar-refractivity contribution is -0.0511. The average molecular weight is 369 g/mol. The van der Waals surface area contributed by atoms with Crippen LogP contribution in [-0.4, -0.2) is 0 Å². The Morgan fingerprint density at radius 1 is 1.00 bits per heavy atom. The van der Waals surface area contributed by atoms with Gasteiger partial charge in [-0.1, -0.05) is 70.8 Å². The van der Waals surface area contributed by atoms with Crippen molar-refractivity contribution in [2.45, 2.75) is 105 Å². The molecule has 3 saturated carbocycles. The molecule has 0 aromatic rings. The first-order valence-corrected chi connectivity index (χ1v) is 12.2. The third kappa shape index (κ3) is 3.38. The molecule has 0 saturated heterocycles. The Hall–Kier alpha value is -0.520. The van der Waals surface area contributed by atoms with Crippen LogP contribution in [0.15, 0.2) is 23.8 Å². The van der Waals surface area contributed by atoms with Crippen LogP contribution in [0.5, 0.6) is 0 Å². The highest BCUT2D eigenvalue weighted by atomic mass is 14.6. The van der Waals surface area contributed by atoms with Crippen molar-refractivity contribution in [3.05, 3.63) is 23.8 Å². The lowest BCUT2D eigenvalue weighted by Crippen LogP contribution is -2.50. The Bertz CT molecular complexity index is 595. The minimum absolute atomic E-state index is 0.501. The molecule has 0 heterocycles. The normalized spacial score (nSPS) is 43.9. The Morgan fingerprint density at radius 2 is 1.81 bits per heavy atom. The number of fused-ring (bicyclic) bond motifs is 5. The zero-order chi connectivity index (χ0) is 19.2. The third-order valence-electron chi connectivity index (χ3n) is 9.86. The molecular formula is C27H44. The van der Waals surface area contributed by atoms with Gasteiger partial charge in [-0.05, 0) is 98.2 Å². The third-order valence-corrected chi connectivity index (χ3v) is 9.86. The largest absolute Gasteiger partial charge is 0.0958 e. The van der Waals surface area contributed by atoms with Crippen LogP contribution >= 0.6 is 0 Å². The molecule has 6 atom stereocenters. The van der Waals surface area contributed by atoms with Crippen molar-refractivity contribution in [2.75, 3.05) is 0 Å². The minimum atomic E-state index is 0.501. The van der Waals surface area contributed by atoms with Crippen molar-refractivity contribution in [1.29, 1.82) is 0 Å². The van der Waals surface area contributed by atoms with Crippen molar-refractivity contribution in [3.8, 4) is 0 Å². The van der Waals surface area contributed by atoms with Gasteiger partial charge in [0.25, 0.3) is 0 Å². The van der Waals surface area contributed by atoms with E-state index in [-0.39, 0.29) is 0 Å². The fraction of sp³-hybridized carbons (Fsp3) is 0.852. The van der Waals surface area contributed by atoms with Crippen molar-refractivity contribution in [1.82, 2.24) is 0 Å². The fourth-order valence-electron chi connectivity index (χ4n) is 8.18. The molecule has 0 aliphatic heterocycles. The summed E-state index contributed by atoms with van der Waals surface area (Å²) in [5, 5.41) is 0. The highest BCUT2D eigenvalue weighted by molar-refractivity contribution is 5.33. The first-order valence-electron chi connectivity index (χ1n) is 12.2. The van der Waals surface area contributed by atoms with Crippen LogP contribution in [0.1, 0.15) is 105 Å². The van der Waals surface area contributed by atoms with Gasteiger partial charge < -0.3 is 0 Å². The van der Waals surface area contributed by atoms with Crippen LogP contribution in [0.4, 0.5) is 0 Å². The molecule has 0 spiro atoms. The second kappa shape index (κ2) is 7.38. The van der Waals surface area contributed by atoms with Crippen molar-refractivity contribution >= 4 is 0 Å². The lowest BCUT2D eigenvalue weighted by Gasteiger charge is -2.58. The molecule has 4 rings (SSSR count). The molecule has 6 unspecified atom stereocenters. The van der Waals surface area contributed by atoms with E-state index in [0.717, 1.165) is 29.6 Å². The van der Waals surface area contributed by atoms with Crippen LogP contribution < -0.4 is 0 Å². The molecule has 0 nitrogen and oxygen atoms in total. The second-order valence-corrected chi connectivity index (χ2v) is 11.7. The van der Waals surface area contributed by atoms with Gasteiger partial charge in [-0.3, -0.25) is 0 Å². The van der Waals surface area contributed by atoms with E-state index in [1.807, 2.05) is 0 Å². The SMILES string of the molecule is C=C1C=C2CCC3C(CCC4(C)C(CCCCC(C)C)CCC34)C2(C)CC1. The number of hydrogen-bond donors (Lipinski definition) is 0. The van der Waals surface area contributed by atoms with E-state index in [9.17, 15) is 0 Å². The van der Waals surface area contributed by atoms with Crippen LogP contribution in [-0.2, 0) is 0 Å². The maximum absolute atomic E-state index is 4.28. The van der Waals surface area contributed by atoms with E-state index < -0.39 is 0 Å². The maximum atomic E-state index is 4.28. The summed E-state index contributed by atoms with van der Waals surface area (Å²) in [5.74, 6) is 4.90. The zero-order valence-corrected chi connectivity index (χ0v) is 18.7. The van der Waals surface area contributed by atoms with E-state index in [1.54, 1.807) is 5.57 Å². The molecule has 0 aromatic heterocycles. The molecule has 0 radical (unpaired) electrons. The van der Waals surface area contributed by atoms with Gasteiger partial charge in [0.15, 0.2) is 0 Å². The van der Waals surface area contributed by atoms with Crippen molar-refractivity contribution in [2.24, 2.45) is 40.4 Å². The number of hydrogen-bond acceptors (Lipinski definition) is 0. The molecule has 3 fully saturated rings. The Kier molecular flexibility index (Phi) is 5.41. The van der Waals surface area contributed by atoms with Crippen LogP contribution in [0.2, 0.25) is 0 Å². The van der Waals surface area contributed by atoms with E-state index in [4.69, 9.17) is 0 Å². The predicted octanol–water partition coefficient (Wildman–Crippen LogP) is 8.34. The van der Waals surface area contributed by atoms with Gasteiger partial charge in [-0.2, -0.15) is 0 Å². The van der Waals surface area contributed by atoms with E-state index in [1.165, 1.54) is 82.6 Å². The van der Waals surface area contributed by atoms with Gasteiger partial charge in [0.05, 0.1) is 0 Å². The van der Waals surface area contributed by atoms with Crippen molar-refractivity contribution < 1.29 is 0 Å². The van der Waals surface area contributed by atoms with Gasteiger partial charge >= 0.3 is 0 Å². The van der Waals surface area contributed by atoms with E-state index in [0.29, 0.717) is 10.8 Å². The monoisotopic (exact) mass is 368 g/mol. The van der Waals surface area contributed by atoms with Crippen molar-refractivity contribution in [3.63, 3.8) is 0 Å². The van der Waals surface area contributed by atoms with Gasteiger partial charge in [0.1, 0.15) is 0 Å². The molecule has 4 aliphatic rings. The van der Waals surface area contributed by atoms with Crippen LogP contribution in [0.25, 0.3) is 0 Å². The van der Waals surface area contributed by atoms with Gasteiger partial charge in [-0.15, -0.1) is 0 Å². The first-order chi connectivity index (χ1) is 12.8. The van der Waals surface area contributed by atoms with Gasteiger partial charge in [0, 0.05) is 0 Å². The molecule has 0 bridgehead atoms. The Morgan fingerprint density at radius 3 is 2.59 bits per heavy atom. The molecule has 152 valence electrons. The minimum Gasteiger partial charge on any atom is -0.0958 e. The number of allylic oxidation sites excluding steroid dienone is 3. The smallest absolute Gasteiger partial charge is 0.00790 e. The maximum Gasteiger partial charge on any atom is -0.00790 e. The summed E-state index contributed by atoms with van der Waals surface area (Å²) in [4.78, 5) is 0. The van der Waals surface area contributed by atoms with Gasteiger partial charge in [-0.25, -0.2) is 0 Å². The highest BCUT2D eigenvalue weighted by Crippen LogP contribution is 2.67. The van der Waals surface area contributed by atoms with Crippen LogP contribution in [0.3, 0.4) is 0 Å². The molecule has 4 aliphatic carbocycles. The molecule has 0 aromatic carbocycles. The fourth-order valence-corrected chi connectivity index (χ4v) is 8.18. The number of rotatable bonds is 5. The molecule has 27 heavy (non-hydrogen) atoms. The summed E-state index contributed by atoms with van der Waals surface area (Å²) in [5.41, 5.74) is 4.33. The topological polar surface area (TPSA) is 0 Å². The summed E-state index contributed by atoms with van der Waals surface area (Å²) in [6.45, 7) is 14.4. The zero-order valence-electron chi connectivity index (χ0n) is 18.7. The van der Waals surface area contributed by atoms with Crippen LogP contribution in [0, 0.1) is 40.4 Å². The highest BCUT2D eigenvalue weighted by Gasteiger charge is 2.58. The molecular weight excluding hydrogens is 324 g/mol. The number of unbranched alkanes of at least 4 members (excludes halogenated alkanes) is 1. The van der Waals surface area contributed by atoms with E-state index in [2.05, 4.69) is 40.3 Å².